The third-order valence-electron chi connectivity index (χ3n) is 4.79. The largest absolute Gasteiger partial charge is 0.463 e. The zero-order chi connectivity index (χ0) is 17.4. The highest BCUT2D eigenvalue weighted by molar-refractivity contribution is 5.99. The molecule has 1 aliphatic heterocycles. The normalized spacial score (nSPS) is 16.5. The summed E-state index contributed by atoms with van der Waals surface area (Å²) in [4.78, 5) is 14.8. The number of carbonyl (C=O) groups excluding carboxylic acids is 1. The van der Waals surface area contributed by atoms with Gasteiger partial charge in [0.2, 0.25) is 0 Å². The van der Waals surface area contributed by atoms with Crippen LogP contribution in [0.15, 0.2) is 47.1 Å². The number of H-pyrrole nitrogens is 1. The summed E-state index contributed by atoms with van der Waals surface area (Å²) in [6.07, 6.45) is 3.53. The predicted octanol–water partition coefficient (Wildman–Crippen LogP) is 4.19. The lowest BCUT2D eigenvalue weighted by atomic mass is 9.96. The number of carbonyl (C=O) groups is 1. The summed E-state index contributed by atoms with van der Waals surface area (Å²) in [5.41, 5.74) is 4.60. The van der Waals surface area contributed by atoms with E-state index in [1.54, 1.807) is 6.26 Å². The van der Waals surface area contributed by atoms with E-state index in [4.69, 9.17) is 4.42 Å². The van der Waals surface area contributed by atoms with Gasteiger partial charge in [-0.15, -0.1) is 0 Å². The van der Waals surface area contributed by atoms with Gasteiger partial charge in [-0.25, -0.2) is 0 Å². The van der Waals surface area contributed by atoms with E-state index in [0.29, 0.717) is 18.0 Å². The number of furan rings is 1. The molecule has 5 nitrogen and oxygen atoms in total. The molecule has 3 heterocycles. The Kier molecular flexibility index (Phi) is 3.92. The Balaban J connectivity index is 1.85. The van der Waals surface area contributed by atoms with Crippen LogP contribution in [0, 0.1) is 0 Å². The smallest absolute Gasteiger partial charge is 0.275 e. The van der Waals surface area contributed by atoms with Crippen molar-refractivity contribution in [2.75, 3.05) is 6.54 Å². The third-order valence-corrected chi connectivity index (χ3v) is 4.79. The van der Waals surface area contributed by atoms with Gasteiger partial charge in [0.1, 0.15) is 5.69 Å². The number of benzene rings is 1. The monoisotopic (exact) mass is 335 g/mol. The second-order valence-electron chi connectivity index (χ2n) is 6.33. The van der Waals surface area contributed by atoms with Crippen molar-refractivity contribution in [3.8, 4) is 11.5 Å². The fraction of sp³-hybridized carbons (Fsp3) is 0.300. The van der Waals surface area contributed by atoms with Gasteiger partial charge in [-0.05, 0) is 36.1 Å². The zero-order valence-corrected chi connectivity index (χ0v) is 14.5. The molecule has 0 saturated carbocycles. The van der Waals surface area contributed by atoms with Crippen LogP contribution in [-0.4, -0.2) is 27.5 Å². The van der Waals surface area contributed by atoms with Crippen LogP contribution in [-0.2, 0) is 6.42 Å². The molecule has 0 fully saturated rings. The Bertz CT molecular complexity index is 878. The van der Waals surface area contributed by atoms with E-state index in [1.165, 1.54) is 5.56 Å². The summed E-state index contributed by atoms with van der Waals surface area (Å²) in [5, 5.41) is 7.30. The standard InChI is InChI=1S/C20H21N3O2/c1-3-11-23-19(14-9-7-13(4-2)8-10-14)16-17(15-6-5-12-25-15)21-22-18(16)20(23)24/h5-10,12,19H,3-4,11H2,1-2H3,(H,21,22)/t19-/m1/s1. The molecule has 1 atom stereocenters. The average Bonchev–Trinajstić information content (AvgIpc) is 3.35. The number of hydrogen-bond acceptors (Lipinski definition) is 3. The highest BCUT2D eigenvalue weighted by atomic mass is 16.3. The van der Waals surface area contributed by atoms with E-state index in [-0.39, 0.29) is 11.9 Å². The van der Waals surface area contributed by atoms with Gasteiger partial charge in [0.25, 0.3) is 5.91 Å². The minimum atomic E-state index is -0.132. The predicted molar refractivity (Wildman–Crippen MR) is 95.3 cm³/mol. The van der Waals surface area contributed by atoms with Crippen molar-refractivity contribution >= 4 is 5.91 Å². The van der Waals surface area contributed by atoms with Gasteiger partial charge in [-0.2, -0.15) is 5.10 Å². The number of aryl methyl sites for hydroxylation is 1. The van der Waals surface area contributed by atoms with Gasteiger partial charge in [0.05, 0.1) is 12.3 Å². The maximum absolute atomic E-state index is 12.9. The van der Waals surface area contributed by atoms with Crippen LogP contribution in [0.3, 0.4) is 0 Å². The van der Waals surface area contributed by atoms with Crippen molar-refractivity contribution in [2.24, 2.45) is 0 Å². The lowest BCUT2D eigenvalue weighted by Gasteiger charge is -2.26. The summed E-state index contributed by atoms with van der Waals surface area (Å²) in [6.45, 7) is 4.92. The summed E-state index contributed by atoms with van der Waals surface area (Å²) >= 11 is 0. The number of nitrogens with one attached hydrogen (secondary N) is 1. The number of aromatic nitrogens is 2. The summed E-state index contributed by atoms with van der Waals surface area (Å²) in [5.74, 6) is 0.686. The van der Waals surface area contributed by atoms with E-state index >= 15 is 0 Å². The molecule has 1 aromatic carbocycles. The Morgan fingerprint density at radius 2 is 2.00 bits per heavy atom. The second kappa shape index (κ2) is 6.24. The molecular formula is C20H21N3O2. The number of aromatic amines is 1. The molecule has 0 aliphatic carbocycles. The van der Waals surface area contributed by atoms with Crippen molar-refractivity contribution in [3.05, 3.63) is 65.0 Å². The molecule has 25 heavy (non-hydrogen) atoms. The Morgan fingerprint density at radius 1 is 1.20 bits per heavy atom. The number of amides is 1. The van der Waals surface area contributed by atoms with Crippen molar-refractivity contribution in [2.45, 2.75) is 32.7 Å². The first-order valence-corrected chi connectivity index (χ1v) is 8.76. The van der Waals surface area contributed by atoms with Gasteiger partial charge in [0, 0.05) is 12.1 Å². The molecule has 0 spiro atoms. The molecule has 2 aromatic heterocycles. The van der Waals surface area contributed by atoms with Crippen LogP contribution in [0.25, 0.3) is 11.5 Å². The Morgan fingerprint density at radius 3 is 2.64 bits per heavy atom. The van der Waals surface area contributed by atoms with Gasteiger partial charge in [-0.3, -0.25) is 9.89 Å². The first-order valence-electron chi connectivity index (χ1n) is 8.76. The Labute approximate surface area is 146 Å². The molecule has 0 saturated heterocycles. The number of hydrogen-bond donors (Lipinski definition) is 1. The van der Waals surface area contributed by atoms with Gasteiger partial charge in [-0.1, -0.05) is 38.1 Å². The molecule has 0 bridgehead atoms. The van der Waals surface area contributed by atoms with Gasteiger partial charge in [0.15, 0.2) is 11.5 Å². The number of rotatable bonds is 5. The lowest BCUT2D eigenvalue weighted by molar-refractivity contribution is 0.0744. The lowest BCUT2D eigenvalue weighted by Crippen LogP contribution is -2.30. The van der Waals surface area contributed by atoms with E-state index in [2.05, 4.69) is 48.3 Å². The average molecular weight is 335 g/mol. The SMILES string of the molecule is CCCN1C(=O)c2n[nH]c(-c3ccco3)c2[C@H]1c1ccc(CC)cc1. The van der Waals surface area contributed by atoms with E-state index < -0.39 is 0 Å². The third kappa shape index (κ3) is 2.47. The summed E-state index contributed by atoms with van der Waals surface area (Å²) in [7, 11) is 0. The van der Waals surface area contributed by atoms with Crippen LogP contribution < -0.4 is 0 Å². The van der Waals surface area contributed by atoms with Crippen LogP contribution >= 0.6 is 0 Å². The number of nitrogens with zero attached hydrogens (tertiary/aromatic N) is 2. The second-order valence-corrected chi connectivity index (χ2v) is 6.33. The molecule has 1 N–H and O–H groups in total. The summed E-state index contributed by atoms with van der Waals surface area (Å²) in [6, 6.07) is 12.1. The van der Waals surface area contributed by atoms with E-state index in [9.17, 15) is 4.79 Å². The van der Waals surface area contributed by atoms with E-state index in [1.807, 2.05) is 17.0 Å². The zero-order valence-electron chi connectivity index (χ0n) is 14.5. The molecular weight excluding hydrogens is 314 g/mol. The fourth-order valence-corrected chi connectivity index (χ4v) is 3.55. The highest BCUT2D eigenvalue weighted by Gasteiger charge is 2.42. The molecule has 0 unspecified atom stereocenters. The molecule has 128 valence electrons. The van der Waals surface area contributed by atoms with Gasteiger partial charge < -0.3 is 9.32 Å². The minimum Gasteiger partial charge on any atom is -0.463 e. The maximum Gasteiger partial charge on any atom is 0.275 e. The van der Waals surface area contributed by atoms with E-state index in [0.717, 1.165) is 29.7 Å². The molecule has 5 heteroatoms. The minimum absolute atomic E-state index is 0.0181. The molecule has 3 aromatic rings. The van der Waals surface area contributed by atoms with Crippen molar-refractivity contribution < 1.29 is 9.21 Å². The maximum atomic E-state index is 12.9. The quantitative estimate of drug-likeness (QED) is 0.760. The van der Waals surface area contributed by atoms with Crippen molar-refractivity contribution in [3.63, 3.8) is 0 Å². The highest BCUT2D eigenvalue weighted by Crippen LogP contribution is 2.42. The van der Waals surface area contributed by atoms with Crippen LogP contribution in [0.5, 0.6) is 0 Å². The molecule has 0 radical (unpaired) electrons. The Hall–Kier alpha value is -2.82. The number of fused-ring (bicyclic) bond motifs is 1. The topological polar surface area (TPSA) is 62.1 Å². The fourth-order valence-electron chi connectivity index (χ4n) is 3.55. The first-order chi connectivity index (χ1) is 12.2. The molecule has 4 rings (SSSR count). The summed E-state index contributed by atoms with van der Waals surface area (Å²) < 4.78 is 5.55. The molecule has 1 amide bonds. The van der Waals surface area contributed by atoms with Gasteiger partial charge >= 0.3 is 0 Å². The van der Waals surface area contributed by atoms with Crippen LogP contribution in [0.1, 0.15) is 53.5 Å². The van der Waals surface area contributed by atoms with Crippen LogP contribution in [0.2, 0.25) is 0 Å². The molecule has 1 aliphatic rings. The van der Waals surface area contributed by atoms with Crippen molar-refractivity contribution in [1.82, 2.24) is 15.1 Å². The van der Waals surface area contributed by atoms with Crippen LogP contribution in [0.4, 0.5) is 0 Å². The first kappa shape index (κ1) is 15.7. The van der Waals surface area contributed by atoms with Crippen molar-refractivity contribution in [1.29, 1.82) is 0 Å².